The van der Waals surface area contributed by atoms with E-state index in [0.717, 1.165) is 24.8 Å². The minimum absolute atomic E-state index is 0.0341. The van der Waals surface area contributed by atoms with Gasteiger partial charge in [0.05, 0.1) is 0 Å². The van der Waals surface area contributed by atoms with Crippen LogP contribution >= 0.6 is 23.2 Å². The molecule has 2 nitrogen and oxygen atoms in total. The number of hydrogen-bond donors (Lipinski definition) is 0. The molecule has 4 heteroatoms. The number of aromatic nitrogens is 1. The van der Waals surface area contributed by atoms with Gasteiger partial charge in [-0.25, -0.2) is 4.98 Å². The summed E-state index contributed by atoms with van der Waals surface area (Å²) in [5, 5.41) is 0.520. The van der Waals surface area contributed by atoms with E-state index in [1.807, 2.05) is 12.1 Å². The highest BCUT2D eigenvalue weighted by Gasteiger charge is 2.22. The van der Waals surface area contributed by atoms with Crippen molar-refractivity contribution in [2.45, 2.75) is 31.2 Å². The number of halogens is 2. The summed E-state index contributed by atoms with van der Waals surface area (Å²) in [4.78, 5) is 4.28. The van der Waals surface area contributed by atoms with E-state index in [1.54, 1.807) is 6.20 Å². The van der Waals surface area contributed by atoms with Crippen LogP contribution in [0.3, 0.4) is 0 Å². The molecule has 1 aliphatic carbocycles. The van der Waals surface area contributed by atoms with Gasteiger partial charge in [-0.15, -0.1) is 11.6 Å². The molecule has 0 fully saturated rings. The highest BCUT2D eigenvalue weighted by atomic mass is 35.5. The molecule has 0 spiro atoms. The van der Waals surface area contributed by atoms with Gasteiger partial charge in [0.2, 0.25) is 5.88 Å². The van der Waals surface area contributed by atoms with E-state index in [4.69, 9.17) is 27.9 Å². The van der Waals surface area contributed by atoms with E-state index in [2.05, 4.69) is 23.2 Å². The number of pyridine rings is 1. The van der Waals surface area contributed by atoms with Crippen molar-refractivity contribution in [3.05, 3.63) is 58.2 Å². The third-order valence-corrected chi connectivity index (χ3v) is 4.17. The standard InChI is InChI=1S/C16H15Cl2NO/c17-9-11-8-14(18)16(19-10-11)20-15-7-3-5-12-4-1-2-6-13(12)15/h1-2,4,6,8,10,15H,3,5,7,9H2. The van der Waals surface area contributed by atoms with Gasteiger partial charge in [0, 0.05) is 12.1 Å². The first kappa shape index (κ1) is 13.7. The van der Waals surface area contributed by atoms with Gasteiger partial charge in [-0.05, 0) is 42.0 Å². The van der Waals surface area contributed by atoms with E-state index in [1.165, 1.54) is 11.1 Å². The van der Waals surface area contributed by atoms with Crippen molar-refractivity contribution < 1.29 is 4.74 Å². The summed E-state index contributed by atoms with van der Waals surface area (Å²) in [5.74, 6) is 0.890. The van der Waals surface area contributed by atoms with Crippen LogP contribution in [0, 0.1) is 0 Å². The van der Waals surface area contributed by atoms with Crippen molar-refractivity contribution >= 4 is 23.2 Å². The highest BCUT2D eigenvalue weighted by Crippen LogP contribution is 2.35. The fraction of sp³-hybridized carbons (Fsp3) is 0.312. The predicted molar refractivity (Wildman–Crippen MR) is 81.6 cm³/mol. The molecule has 20 heavy (non-hydrogen) atoms. The van der Waals surface area contributed by atoms with Crippen LogP contribution in [0.5, 0.6) is 5.88 Å². The van der Waals surface area contributed by atoms with Crippen LogP contribution in [0.4, 0.5) is 0 Å². The van der Waals surface area contributed by atoms with Crippen molar-refractivity contribution in [2.75, 3.05) is 0 Å². The van der Waals surface area contributed by atoms with Gasteiger partial charge in [-0.3, -0.25) is 0 Å². The summed E-state index contributed by atoms with van der Waals surface area (Å²) in [5.41, 5.74) is 3.50. The smallest absolute Gasteiger partial charge is 0.233 e. The maximum atomic E-state index is 6.21. The van der Waals surface area contributed by atoms with Gasteiger partial charge in [-0.2, -0.15) is 0 Å². The number of alkyl halides is 1. The molecular weight excluding hydrogens is 293 g/mol. The Morgan fingerprint density at radius 2 is 2.15 bits per heavy atom. The zero-order valence-corrected chi connectivity index (χ0v) is 12.5. The Morgan fingerprint density at radius 3 is 2.95 bits per heavy atom. The summed E-state index contributed by atoms with van der Waals surface area (Å²) in [7, 11) is 0. The van der Waals surface area contributed by atoms with E-state index in [9.17, 15) is 0 Å². The molecule has 3 rings (SSSR count). The molecule has 0 bridgehead atoms. The lowest BCUT2D eigenvalue weighted by Gasteiger charge is -2.26. The number of benzene rings is 1. The van der Waals surface area contributed by atoms with Gasteiger partial charge in [0.25, 0.3) is 0 Å². The number of ether oxygens (including phenoxy) is 1. The average Bonchev–Trinajstić information content (AvgIpc) is 2.49. The second-order valence-electron chi connectivity index (χ2n) is 4.96. The first-order valence-electron chi connectivity index (χ1n) is 6.73. The van der Waals surface area contributed by atoms with Gasteiger partial charge in [0.15, 0.2) is 0 Å². The van der Waals surface area contributed by atoms with E-state index >= 15 is 0 Å². The molecular formula is C16H15Cl2NO. The molecule has 0 saturated carbocycles. The molecule has 2 aromatic rings. The first-order chi connectivity index (χ1) is 9.78. The zero-order chi connectivity index (χ0) is 13.9. The second kappa shape index (κ2) is 6.02. The number of fused-ring (bicyclic) bond motifs is 1. The Hall–Kier alpha value is -1.25. The fourth-order valence-corrected chi connectivity index (χ4v) is 2.97. The van der Waals surface area contributed by atoms with Crippen molar-refractivity contribution in [1.82, 2.24) is 4.98 Å². The number of aryl methyl sites for hydroxylation is 1. The lowest BCUT2D eigenvalue weighted by Crippen LogP contribution is -2.15. The van der Waals surface area contributed by atoms with Crippen molar-refractivity contribution in [3.63, 3.8) is 0 Å². The molecule has 1 heterocycles. The summed E-state index contributed by atoms with van der Waals surface area (Å²) >= 11 is 12.0. The number of rotatable bonds is 3. The lowest BCUT2D eigenvalue weighted by molar-refractivity contribution is 0.176. The zero-order valence-electron chi connectivity index (χ0n) is 11.0. The molecule has 0 N–H and O–H groups in total. The monoisotopic (exact) mass is 307 g/mol. The third-order valence-electron chi connectivity index (χ3n) is 3.59. The predicted octanol–water partition coefficient (Wildman–Crippen LogP) is 4.93. The molecule has 104 valence electrons. The Balaban J connectivity index is 1.85. The minimum atomic E-state index is 0.0341. The SMILES string of the molecule is ClCc1cnc(OC2CCCc3ccccc32)c(Cl)c1. The molecule has 0 aliphatic heterocycles. The summed E-state index contributed by atoms with van der Waals surface area (Å²) in [6, 6.07) is 10.2. The molecule has 1 aromatic heterocycles. The van der Waals surface area contributed by atoms with Crippen LogP contribution in [0.1, 0.15) is 35.6 Å². The Labute approximate surface area is 128 Å². The fourth-order valence-electron chi connectivity index (χ4n) is 2.59. The van der Waals surface area contributed by atoms with E-state index < -0.39 is 0 Å². The topological polar surface area (TPSA) is 22.1 Å². The Bertz CT molecular complexity index is 615. The summed E-state index contributed by atoms with van der Waals surface area (Å²) in [6.45, 7) is 0. The van der Waals surface area contributed by atoms with E-state index in [0.29, 0.717) is 16.8 Å². The van der Waals surface area contributed by atoms with Gasteiger partial charge < -0.3 is 4.74 Å². The van der Waals surface area contributed by atoms with Gasteiger partial charge >= 0.3 is 0 Å². The van der Waals surface area contributed by atoms with Crippen LogP contribution in [0.15, 0.2) is 36.5 Å². The Morgan fingerprint density at radius 1 is 1.30 bits per heavy atom. The summed E-state index contributed by atoms with van der Waals surface area (Å²) < 4.78 is 6.03. The van der Waals surface area contributed by atoms with Gasteiger partial charge in [0.1, 0.15) is 11.1 Å². The Kier molecular flexibility index (Phi) is 4.13. The molecule has 0 radical (unpaired) electrons. The number of hydrogen-bond acceptors (Lipinski definition) is 2. The normalized spacial score (nSPS) is 17.6. The maximum Gasteiger partial charge on any atom is 0.233 e. The lowest BCUT2D eigenvalue weighted by atomic mass is 9.89. The van der Waals surface area contributed by atoms with Crippen LogP contribution in [0.2, 0.25) is 5.02 Å². The molecule has 1 unspecified atom stereocenters. The van der Waals surface area contributed by atoms with Crippen molar-refractivity contribution in [1.29, 1.82) is 0 Å². The molecule has 0 amide bonds. The van der Waals surface area contributed by atoms with Crippen molar-refractivity contribution in [2.24, 2.45) is 0 Å². The molecule has 1 aromatic carbocycles. The van der Waals surface area contributed by atoms with Crippen molar-refractivity contribution in [3.8, 4) is 5.88 Å². The van der Waals surface area contributed by atoms with Crippen LogP contribution < -0.4 is 4.74 Å². The number of nitrogens with zero attached hydrogens (tertiary/aromatic N) is 1. The van der Waals surface area contributed by atoms with Crippen LogP contribution in [-0.4, -0.2) is 4.98 Å². The minimum Gasteiger partial charge on any atom is -0.468 e. The second-order valence-corrected chi connectivity index (χ2v) is 5.64. The maximum absolute atomic E-state index is 6.21. The van der Waals surface area contributed by atoms with Crippen LogP contribution in [-0.2, 0) is 12.3 Å². The first-order valence-corrected chi connectivity index (χ1v) is 7.64. The molecule has 1 aliphatic rings. The highest BCUT2D eigenvalue weighted by molar-refractivity contribution is 6.32. The average molecular weight is 308 g/mol. The molecule has 1 atom stereocenters. The quantitative estimate of drug-likeness (QED) is 0.750. The summed E-state index contributed by atoms with van der Waals surface area (Å²) in [6.07, 6.45) is 4.98. The molecule has 0 saturated heterocycles. The van der Waals surface area contributed by atoms with E-state index in [-0.39, 0.29) is 6.10 Å². The third kappa shape index (κ3) is 2.77. The van der Waals surface area contributed by atoms with Gasteiger partial charge in [-0.1, -0.05) is 35.9 Å². The van der Waals surface area contributed by atoms with Crippen LogP contribution in [0.25, 0.3) is 0 Å². The largest absolute Gasteiger partial charge is 0.468 e.